The first-order valence-electron chi connectivity index (χ1n) is 4.93. The summed E-state index contributed by atoms with van der Waals surface area (Å²) in [5, 5.41) is 9.30. The van der Waals surface area contributed by atoms with E-state index < -0.39 is 5.82 Å². The van der Waals surface area contributed by atoms with Crippen LogP contribution in [0.25, 0.3) is 11.1 Å². The topological polar surface area (TPSA) is 20.2 Å². The molecular weight excluding hydrogens is 246 g/mol. The van der Waals surface area contributed by atoms with Gasteiger partial charge in [-0.1, -0.05) is 17.7 Å². The Kier molecular flexibility index (Phi) is 3.03. The molecule has 0 saturated carbocycles. The zero-order valence-electron chi connectivity index (χ0n) is 8.97. The van der Waals surface area contributed by atoms with E-state index in [4.69, 9.17) is 11.6 Å². The monoisotopic (exact) mass is 254 g/mol. The van der Waals surface area contributed by atoms with E-state index in [0.29, 0.717) is 11.1 Å². The molecule has 0 aliphatic carbocycles. The Balaban J connectivity index is 2.60. The highest BCUT2D eigenvalue weighted by Crippen LogP contribution is 2.32. The van der Waals surface area contributed by atoms with Crippen LogP contribution in [-0.2, 0) is 0 Å². The van der Waals surface area contributed by atoms with Gasteiger partial charge in [-0.2, -0.15) is 0 Å². The third kappa shape index (κ3) is 2.24. The molecular formula is C13H9ClF2O. The minimum absolute atomic E-state index is 0.0587. The van der Waals surface area contributed by atoms with Gasteiger partial charge in [0.25, 0.3) is 0 Å². The van der Waals surface area contributed by atoms with Gasteiger partial charge in [0.2, 0.25) is 0 Å². The zero-order valence-corrected chi connectivity index (χ0v) is 9.72. The van der Waals surface area contributed by atoms with Crippen LogP contribution in [0.15, 0.2) is 30.3 Å². The number of hydrogen-bond acceptors (Lipinski definition) is 1. The van der Waals surface area contributed by atoms with Gasteiger partial charge in [0.1, 0.15) is 17.4 Å². The van der Waals surface area contributed by atoms with E-state index in [-0.39, 0.29) is 22.2 Å². The molecule has 0 unspecified atom stereocenters. The second kappa shape index (κ2) is 4.34. The van der Waals surface area contributed by atoms with Crippen molar-refractivity contribution in [3.8, 4) is 16.9 Å². The van der Waals surface area contributed by atoms with Crippen molar-refractivity contribution in [3.63, 3.8) is 0 Å². The molecule has 88 valence electrons. The Hall–Kier alpha value is -1.61. The van der Waals surface area contributed by atoms with Crippen LogP contribution >= 0.6 is 11.6 Å². The van der Waals surface area contributed by atoms with Crippen molar-refractivity contribution in [3.05, 3.63) is 52.6 Å². The van der Waals surface area contributed by atoms with Crippen molar-refractivity contribution in [2.75, 3.05) is 0 Å². The fraction of sp³-hybridized carbons (Fsp3) is 0.0769. The summed E-state index contributed by atoms with van der Waals surface area (Å²) in [7, 11) is 0. The molecule has 17 heavy (non-hydrogen) atoms. The van der Waals surface area contributed by atoms with Gasteiger partial charge in [-0.25, -0.2) is 8.78 Å². The molecule has 2 aromatic carbocycles. The van der Waals surface area contributed by atoms with Gasteiger partial charge in [-0.05, 0) is 36.2 Å². The third-order valence-corrected chi connectivity index (χ3v) is 2.81. The fourth-order valence-electron chi connectivity index (χ4n) is 1.57. The number of rotatable bonds is 1. The molecule has 0 spiro atoms. The summed E-state index contributed by atoms with van der Waals surface area (Å²) < 4.78 is 26.7. The second-order valence-electron chi connectivity index (χ2n) is 3.75. The van der Waals surface area contributed by atoms with E-state index in [2.05, 4.69) is 0 Å². The number of hydrogen-bond donors (Lipinski definition) is 1. The molecule has 0 aromatic heterocycles. The lowest BCUT2D eigenvalue weighted by Crippen LogP contribution is -1.88. The molecule has 0 radical (unpaired) electrons. The number of phenols is 1. The van der Waals surface area contributed by atoms with E-state index in [9.17, 15) is 13.9 Å². The molecule has 2 aromatic rings. The van der Waals surface area contributed by atoms with Crippen molar-refractivity contribution in [1.82, 2.24) is 0 Å². The molecule has 1 nitrogen and oxygen atoms in total. The summed E-state index contributed by atoms with van der Waals surface area (Å²) in [6.45, 7) is 1.60. The predicted molar refractivity (Wildman–Crippen MR) is 63.2 cm³/mol. The Morgan fingerprint density at radius 1 is 1.06 bits per heavy atom. The fourth-order valence-corrected chi connectivity index (χ4v) is 1.73. The normalized spacial score (nSPS) is 10.6. The SMILES string of the molecule is Cc1cc(-c2cc(Cl)c(O)cc2F)ccc1F. The van der Waals surface area contributed by atoms with Gasteiger partial charge in [0, 0.05) is 11.6 Å². The number of benzene rings is 2. The lowest BCUT2D eigenvalue weighted by atomic mass is 10.0. The van der Waals surface area contributed by atoms with Crippen LogP contribution in [0, 0.1) is 18.6 Å². The van der Waals surface area contributed by atoms with Crippen molar-refractivity contribution in [2.24, 2.45) is 0 Å². The average molecular weight is 255 g/mol. The smallest absolute Gasteiger partial charge is 0.137 e. The van der Waals surface area contributed by atoms with Crippen LogP contribution in [-0.4, -0.2) is 5.11 Å². The van der Waals surface area contributed by atoms with E-state index in [1.807, 2.05) is 0 Å². The van der Waals surface area contributed by atoms with Crippen LogP contribution in [0.2, 0.25) is 5.02 Å². The highest BCUT2D eigenvalue weighted by atomic mass is 35.5. The Morgan fingerprint density at radius 3 is 2.41 bits per heavy atom. The molecule has 0 aliphatic rings. The summed E-state index contributed by atoms with van der Waals surface area (Å²) in [6.07, 6.45) is 0. The molecule has 2 rings (SSSR count). The lowest BCUT2D eigenvalue weighted by Gasteiger charge is -2.07. The molecule has 4 heteroatoms. The first kappa shape index (κ1) is 11.9. The summed E-state index contributed by atoms with van der Waals surface area (Å²) in [5.74, 6) is -1.26. The molecule has 0 amide bonds. The maximum atomic E-state index is 13.6. The van der Waals surface area contributed by atoms with Crippen LogP contribution in [0.4, 0.5) is 8.78 Å². The van der Waals surface area contributed by atoms with Crippen LogP contribution in [0.3, 0.4) is 0 Å². The maximum Gasteiger partial charge on any atom is 0.137 e. The van der Waals surface area contributed by atoms with Gasteiger partial charge in [-0.15, -0.1) is 0 Å². The maximum absolute atomic E-state index is 13.6. The second-order valence-corrected chi connectivity index (χ2v) is 4.15. The van der Waals surface area contributed by atoms with Gasteiger partial charge >= 0.3 is 0 Å². The third-order valence-electron chi connectivity index (χ3n) is 2.51. The molecule has 0 heterocycles. The highest BCUT2D eigenvalue weighted by Gasteiger charge is 2.10. The summed E-state index contributed by atoms with van der Waals surface area (Å²) in [5.41, 5.74) is 1.17. The summed E-state index contributed by atoms with van der Waals surface area (Å²) >= 11 is 5.72. The zero-order chi connectivity index (χ0) is 12.6. The van der Waals surface area contributed by atoms with Gasteiger partial charge in [0.15, 0.2) is 0 Å². The molecule has 1 N–H and O–H groups in total. The average Bonchev–Trinajstić information content (AvgIpc) is 2.27. The molecule has 0 atom stereocenters. The number of halogens is 3. The van der Waals surface area contributed by atoms with E-state index in [1.54, 1.807) is 6.92 Å². The van der Waals surface area contributed by atoms with Crippen LogP contribution in [0.5, 0.6) is 5.75 Å². The lowest BCUT2D eigenvalue weighted by molar-refractivity contribution is 0.469. The quantitative estimate of drug-likeness (QED) is 0.804. The number of aryl methyl sites for hydroxylation is 1. The first-order chi connectivity index (χ1) is 7.99. The van der Waals surface area contributed by atoms with E-state index in [0.717, 1.165) is 6.07 Å². The molecule has 0 aliphatic heterocycles. The Labute approximate surface area is 102 Å². The van der Waals surface area contributed by atoms with Gasteiger partial charge in [-0.3, -0.25) is 0 Å². The van der Waals surface area contributed by atoms with Crippen molar-refractivity contribution < 1.29 is 13.9 Å². The number of aromatic hydroxyl groups is 1. The molecule has 0 saturated heterocycles. The highest BCUT2D eigenvalue weighted by molar-refractivity contribution is 6.32. The summed E-state index contributed by atoms with van der Waals surface area (Å²) in [4.78, 5) is 0. The van der Waals surface area contributed by atoms with Gasteiger partial charge < -0.3 is 5.11 Å². The molecule has 0 bridgehead atoms. The van der Waals surface area contributed by atoms with Crippen LogP contribution < -0.4 is 0 Å². The van der Waals surface area contributed by atoms with Crippen molar-refractivity contribution in [2.45, 2.75) is 6.92 Å². The van der Waals surface area contributed by atoms with Gasteiger partial charge in [0.05, 0.1) is 5.02 Å². The van der Waals surface area contributed by atoms with Crippen molar-refractivity contribution >= 4 is 11.6 Å². The van der Waals surface area contributed by atoms with E-state index >= 15 is 0 Å². The Bertz CT molecular complexity index is 582. The molecule has 0 fully saturated rings. The minimum Gasteiger partial charge on any atom is -0.506 e. The van der Waals surface area contributed by atoms with E-state index in [1.165, 1.54) is 24.3 Å². The minimum atomic E-state index is -0.599. The predicted octanol–water partition coefficient (Wildman–Crippen LogP) is 4.30. The standard InChI is InChI=1S/C13H9ClF2O/c1-7-4-8(2-3-11(7)15)9-5-10(14)13(17)6-12(9)16/h2-6,17H,1H3. The largest absolute Gasteiger partial charge is 0.506 e. The van der Waals surface area contributed by atoms with Crippen molar-refractivity contribution in [1.29, 1.82) is 0 Å². The van der Waals surface area contributed by atoms with Crippen LogP contribution in [0.1, 0.15) is 5.56 Å². The first-order valence-corrected chi connectivity index (χ1v) is 5.31. The Morgan fingerprint density at radius 2 is 1.76 bits per heavy atom. The number of phenolic OH excluding ortho intramolecular Hbond substituents is 1. The summed E-state index contributed by atoms with van der Waals surface area (Å²) in [6, 6.07) is 6.52.